The minimum absolute atomic E-state index is 0.0435. The van der Waals surface area contributed by atoms with Gasteiger partial charge in [0.1, 0.15) is 5.75 Å². The van der Waals surface area contributed by atoms with Crippen LogP contribution >= 0.6 is 0 Å². The fraction of sp³-hybridized carbons (Fsp3) is 0.455. The van der Waals surface area contributed by atoms with Gasteiger partial charge in [-0.15, -0.1) is 0 Å². The quantitative estimate of drug-likeness (QED) is 0.871. The first-order valence-electron chi connectivity index (χ1n) is 4.81. The van der Waals surface area contributed by atoms with Crippen molar-refractivity contribution >= 4 is 0 Å². The van der Waals surface area contributed by atoms with Gasteiger partial charge in [-0.1, -0.05) is 13.0 Å². The standard InChI is InChI=1S/C11H13F3O2/c1-3-7-4-5-9(16-2)8(6-7)10(15)11(12,13)14/h4-6,10,15H,3H2,1-2H3. The summed E-state index contributed by atoms with van der Waals surface area (Å²) in [6.07, 6.45) is -6.59. The van der Waals surface area contributed by atoms with E-state index in [1.165, 1.54) is 19.2 Å². The molecule has 0 aliphatic carbocycles. The summed E-state index contributed by atoms with van der Waals surface area (Å²) in [5.74, 6) is 0.0435. The summed E-state index contributed by atoms with van der Waals surface area (Å²) in [6.45, 7) is 1.82. The van der Waals surface area contributed by atoms with Crippen molar-refractivity contribution in [1.29, 1.82) is 0 Å². The molecule has 0 saturated carbocycles. The van der Waals surface area contributed by atoms with Crippen LogP contribution in [0.15, 0.2) is 18.2 Å². The Morgan fingerprint density at radius 3 is 2.44 bits per heavy atom. The molecule has 0 aliphatic rings. The number of aryl methyl sites for hydroxylation is 1. The first-order chi connectivity index (χ1) is 7.40. The summed E-state index contributed by atoms with van der Waals surface area (Å²) in [6, 6.07) is 4.42. The number of alkyl halides is 3. The smallest absolute Gasteiger partial charge is 0.418 e. The van der Waals surface area contributed by atoms with Crippen molar-refractivity contribution in [3.8, 4) is 5.75 Å². The molecule has 0 saturated heterocycles. The highest BCUT2D eigenvalue weighted by molar-refractivity contribution is 5.39. The zero-order valence-electron chi connectivity index (χ0n) is 9.01. The lowest BCUT2D eigenvalue weighted by Crippen LogP contribution is -2.21. The molecule has 0 radical (unpaired) electrons. The fourth-order valence-corrected chi connectivity index (χ4v) is 1.39. The Kier molecular flexibility index (Phi) is 3.80. The molecule has 5 heteroatoms. The molecule has 16 heavy (non-hydrogen) atoms. The van der Waals surface area contributed by atoms with Crippen LogP contribution in [0.25, 0.3) is 0 Å². The number of hydrogen-bond acceptors (Lipinski definition) is 2. The Hall–Kier alpha value is -1.23. The molecule has 2 nitrogen and oxygen atoms in total. The Morgan fingerprint density at radius 2 is 2.00 bits per heavy atom. The number of rotatable bonds is 3. The van der Waals surface area contributed by atoms with E-state index in [0.717, 1.165) is 5.56 Å². The topological polar surface area (TPSA) is 29.5 Å². The van der Waals surface area contributed by atoms with Crippen LogP contribution in [0, 0.1) is 0 Å². The minimum atomic E-state index is -4.68. The van der Waals surface area contributed by atoms with Crippen molar-refractivity contribution in [2.24, 2.45) is 0 Å². The van der Waals surface area contributed by atoms with Gasteiger partial charge in [0.05, 0.1) is 7.11 Å². The third-order valence-electron chi connectivity index (χ3n) is 2.31. The molecule has 1 unspecified atom stereocenters. The van der Waals surface area contributed by atoms with Crippen LogP contribution in [0.2, 0.25) is 0 Å². The number of methoxy groups -OCH3 is 1. The van der Waals surface area contributed by atoms with Crippen molar-refractivity contribution < 1.29 is 23.0 Å². The molecule has 0 aromatic heterocycles. The van der Waals surface area contributed by atoms with Crippen LogP contribution in [-0.4, -0.2) is 18.4 Å². The summed E-state index contributed by atoms with van der Waals surface area (Å²) in [7, 11) is 1.27. The van der Waals surface area contributed by atoms with E-state index < -0.39 is 12.3 Å². The highest BCUT2D eigenvalue weighted by atomic mass is 19.4. The SMILES string of the molecule is CCc1ccc(OC)c(C(O)C(F)(F)F)c1. The van der Waals surface area contributed by atoms with Crippen LogP contribution in [0.5, 0.6) is 5.75 Å². The number of ether oxygens (including phenoxy) is 1. The second-order valence-corrected chi connectivity index (χ2v) is 3.37. The number of halogens is 3. The lowest BCUT2D eigenvalue weighted by atomic mass is 10.0. The fourth-order valence-electron chi connectivity index (χ4n) is 1.39. The molecule has 0 aliphatic heterocycles. The van der Waals surface area contributed by atoms with E-state index in [1.54, 1.807) is 6.07 Å². The van der Waals surface area contributed by atoms with Crippen molar-refractivity contribution in [3.05, 3.63) is 29.3 Å². The summed E-state index contributed by atoms with van der Waals surface area (Å²) in [4.78, 5) is 0. The highest BCUT2D eigenvalue weighted by Gasteiger charge is 2.40. The molecule has 0 fully saturated rings. The third-order valence-corrected chi connectivity index (χ3v) is 2.31. The van der Waals surface area contributed by atoms with Gasteiger partial charge < -0.3 is 9.84 Å². The van der Waals surface area contributed by atoms with E-state index >= 15 is 0 Å². The van der Waals surface area contributed by atoms with Gasteiger partial charge >= 0.3 is 6.18 Å². The van der Waals surface area contributed by atoms with Gasteiger partial charge in [0.2, 0.25) is 0 Å². The van der Waals surface area contributed by atoms with Crippen LogP contribution in [0.4, 0.5) is 13.2 Å². The van der Waals surface area contributed by atoms with Crippen molar-refractivity contribution in [2.75, 3.05) is 7.11 Å². The zero-order valence-corrected chi connectivity index (χ0v) is 9.01. The van der Waals surface area contributed by atoms with Gasteiger partial charge in [-0.3, -0.25) is 0 Å². The molecule has 1 N–H and O–H groups in total. The molecule has 90 valence electrons. The summed E-state index contributed by atoms with van der Waals surface area (Å²) < 4.78 is 41.9. The molecule has 0 bridgehead atoms. The maximum atomic E-state index is 12.4. The molecule has 1 atom stereocenters. The zero-order chi connectivity index (χ0) is 12.3. The normalized spacial score (nSPS) is 13.6. The maximum absolute atomic E-state index is 12.4. The summed E-state index contributed by atoms with van der Waals surface area (Å²) in [5, 5.41) is 9.18. The molecule has 1 aromatic rings. The monoisotopic (exact) mass is 234 g/mol. The maximum Gasteiger partial charge on any atom is 0.418 e. The molecule has 0 amide bonds. The Bertz CT molecular complexity index is 361. The van der Waals surface area contributed by atoms with E-state index in [9.17, 15) is 18.3 Å². The van der Waals surface area contributed by atoms with E-state index in [0.29, 0.717) is 6.42 Å². The van der Waals surface area contributed by atoms with E-state index in [-0.39, 0.29) is 11.3 Å². The van der Waals surface area contributed by atoms with Gasteiger partial charge in [-0.2, -0.15) is 13.2 Å². The van der Waals surface area contributed by atoms with Crippen molar-refractivity contribution in [3.63, 3.8) is 0 Å². The lowest BCUT2D eigenvalue weighted by molar-refractivity contribution is -0.207. The first kappa shape index (κ1) is 12.8. The van der Waals surface area contributed by atoms with E-state index in [2.05, 4.69) is 0 Å². The second kappa shape index (κ2) is 4.74. The predicted octanol–water partition coefficient (Wildman–Crippen LogP) is 2.85. The Labute approximate surface area is 91.7 Å². The second-order valence-electron chi connectivity index (χ2n) is 3.37. The largest absolute Gasteiger partial charge is 0.496 e. The third kappa shape index (κ3) is 2.66. The molecular formula is C11H13F3O2. The number of aliphatic hydroxyl groups excluding tert-OH is 1. The summed E-state index contributed by atoms with van der Waals surface area (Å²) >= 11 is 0. The van der Waals surface area contributed by atoms with E-state index in [1.807, 2.05) is 6.92 Å². The van der Waals surface area contributed by atoms with E-state index in [4.69, 9.17) is 4.74 Å². The number of hydrogen-bond donors (Lipinski definition) is 1. The Balaban J connectivity index is 3.18. The molecule has 0 spiro atoms. The van der Waals surface area contributed by atoms with Crippen LogP contribution in [0.3, 0.4) is 0 Å². The molecule has 1 aromatic carbocycles. The van der Waals surface area contributed by atoms with Crippen LogP contribution in [-0.2, 0) is 6.42 Å². The van der Waals surface area contributed by atoms with Crippen molar-refractivity contribution in [1.82, 2.24) is 0 Å². The lowest BCUT2D eigenvalue weighted by Gasteiger charge is -2.18. The van der Waals surface area contributed by atoms with Crippen LogP contribution < -0.4 is 4.74 Å². The minimum Gasteiger partial charge on any atom is -0.496 e. The van der Waals surface area contributed by atoms with Gasteiger partial charge in [-0.05, 0) is 24.1 Å². The first-order valence-corrected chi connectivity index (χ1v) is 4.81. The molecule has 0 heterocycles. The summed E-state index contributed by atoms with van der Waals surface area (Å²) in [5.41, 5.74) is 0.480. The van der Waals surface area contributed by atoms with Gasteiger partial charge in [0.15, 0.2) is 6.10 Å². The predicted molar refractivity (Wildman–Crippen MR) is 53.4 cm³/mol. The van der Waals surface area contributed by atoms with Crippen LogP contribution in [0.1, 0.15) is 24.2 Å². The highest BCUT2D eigenvalue weighted by Crippen LogP contribution is 2.37. The average Bonchev–Trinajstić information content (AvgIpc) is 2.25. The number of aliphatic hydroxyl groups is 1. The van der Waals surface area contributed by atoms with Gasteiger partial charge in [-0.25, -0.2) is 0 Å². The average molecular weight is 234 g/mol. The Morgan fingerprint density at radius 1 is 1.38 bits per heavy atom. The van der Waals surface area contributed by atoms with Gasteiger partial charge in [0.25, 0.3) is 0 Å². The van der Waals surface area contributed by atoms with Crippen molar-refractivity contribution in [2.45, 2.75) is 25.6 Å². The molecule has 1 rings (SSSR count). The molecular weight excluding hydrogens is 221 g/mol. The number of benzene rings is 1. The van der Waals surface area contributed by atoms with Gasteiger partial charge in [0, 0.05) is 5.56 Å².